The van der Waals surface area contributed by atoms with Crippen molar-refractivity contribution in [3.8, 4) is 17.6 Å². The Balaban J connectivity index is 1.78. The van der Waals surface area contributed by atoms with E-state index in [4.69, 9.17) is 4.74 Å². The molecule has 2 aromatic carbocycles. The SMILES string of the molecule is CC(C)C(NS(C)(=O)=O)C(=O)NCCc1ccc(OCC#Cc2ccc(F)cc2)cc1. The summed E-state index contributed by atoms with van der Waals surface area (Å²) in [5.74, 6) is 5.62. The van der Waals surface area contributed by atoms with Crippen LogP contribution in [0.5, 0.6) is 5.75 Å². The van der Waals surface area contributed by atoms with Gasteiger partial charge in [-0.2, -0.15) is 0 Å². The van der Waals surface area contributed by atoms with Gasteiger partial charge in [-0.05, 0) is 54.3 Å². The molecule has 0 radical (unpaired) electrons. The van der Waals surface area contributed by atoms with E-state index in [1.54, 1.807) is 26.0 Å². The quantitative estimate of drug-likeness (QED) is 0.580. The van der Waals surface area contributed by atoms with Crippen molar-refractivity contribution < 1.29 is 22.3 Å². The normalized spacial score (nSPS) is 12.0. The first-order valence-electron chi connectivity index (χ1n) is 9.85. The van der Waals surface area contributed by atoms with Crippen LogP contribution in [0.1, 0.15) is 25.0 Å². The standard InChI is InChI=1S/C23H27FN2O4S/c1-17(2)22(26-31(3,28)29)23(27)25-15-14-19-8-12-21(13-9-19)30-16-4-5-18-6-10-20(24)11-7-18/h6-13,17,22,26H,14-16H2,1-3H3,(H,25,27). The van der Waals surface area contributed by atoms with Crippen LogP contribution in [0, 0.1) is 23.6 Å². The molecule has 0 saturated heterocycles. The van der Waals surface area contributed by atoms with Gasteiger partial charge in [0, 0.05) is 12.1 Å². The first kappa shape index (κ1) is 24.4. The number of amides is 1. The molecular formula is C23H27FN2O4S. The molecule has 8 heteroatoms. The predicted octanol–water partition coefficient (Wildman–Crippen LogP) is 2.49. The van der Waals surface area contributed by atoms with Gasteiger partial charge in [-0.1, -0.05) is 37.8 Å². The molecule has 0 saturated carbocycles. The van der Waals surface area contributed by atoms with Crippen molar-refractivity contribution in [3.05, 3.63) is 65.5 Å². The minimum absolute atomic E-state index is 0.169. The minimum atomic E-state index is -3.47. The summed E-state index contributed by atoms with van der Waals surface area (Å²) in [6, 6.07) is 12.5. The Morgan fingerprint density at radius 2 is 1.74 bits per heavy atom. The van der Waals surface area contributed by atoms with E-state index in [1.807, 2.05) is 24.3 Å². The number of halogens is 1. The maximum Gasteiger partial charge on any atom is 0.238 e. The average Bonchev–Trinajstić information content (AvgIpc) is 2.71. The number of hydrogen-bond acceptors (Lipinski definition) is 4. The molecule has 166 valence electrons. The smallest absolute Gasteiger partial charge is 0.238 e. The first-order valence-corrected chi connectivity index (χ1v) is 11.7. The van der Waals surface area contributed by atoms with Crippen molar-refractivity contribution >= 4 is 15.9 Å². The molecule has 0 aliphatic carbocycles. The van der Waals surface area contributed by atoms with Crippen LogP contribution < -0.4 is 14.8 Å². The zero-order valence-corrected chi connectivity index (χ0v) is 18.6. The van der Waals surface area contributed by atoms with E-state index in [9.17, 15) is 17.6 Å². The Morgan fingerprint density at radius 1 is 1.10 bits per heavy atom. The zero-order valence-electron chi connectivity index (χ0n) is 17.8. The highest BCUT2D eigenvalue weighted by Gasteiger charge is 2.24. The van der Waals surface area contributed by atoms with Gasteiger partial charge >= 0.3 is 0 Å². The molecular weight excluding hydrogens is 419 g/mol. The fraction of sp³-hybridized carbons (Fsp3) is 0.348. The van der Waals surface area contributed by atoms with E-state index in [1.165, 1.54) is 12.1 Å². The first-order chi connectivity index (χ1) is 14.6. The molecule has 31 heavy (non-hydrogen) atoms. The van der Waals surface area contributed by atoms with E-state index in [2.05, 4.69) is 21.9 Å². The van der Waals surface area contributed by atoms with Gasteiger partial charge in [0.1, 0.15) is 24.2 Å². The van der Waals surface area contributed by atoms with Crippen molar-refractivity contribution in [1.82, 2.24) is 10.0 Å². The summed E-state index contributed by atoms with van der Waals surface area (Å²) in [6.45, 7) is 4.16. The molecule has 1 atom stereocenters. The Bertz CT molecular complexity index is 1020. The van der Waals surface area contributed by atoms with Crippen molar-refractivity contribution in [2.45, 2.75) is 26.3 Å². The highest BCUT2D eigenvalue weighted by molar-refractivity contribution is 7.88. The number of carbonyl (C=O) groups is 1. The maximum absolute atomic E-state index is 12.9. The maximum atomic E-state index is 12.9. The summed E-state index contributed by atoms with van der Waals surface area (Å²) in [6.07, 6.45) is 1.63. The number of hydrogen-bond donors (Lipinski definition) is 2. The van der Waals surface area contributed by atoms with Crippen LogP contribution in [0.15, 0.2) is 48.5 Å². The van der Waals surface area contributed by atoms with Gasteiger partial charge in [-0.15, -0.1) is 0 Å². The number of rotatable bonds is 9. The molecule has 2 rings (SSSR count). The van der Waals surface area contributed by atoms with Gasteiger partial charge in [0.2, 0.25) is 15.9 Å². The molecule has 2 aromatic rings. The van der Waals surface area contributed by atoms with Crippen LogP contribution in [-0.2, 0) is 21.2 Å². The van der Waals surface area contributed by atoms with Crippen molar-refractivity contribution in [2.75, 3.05) is 19.4 Å². The Labute approximate surface area is 183 Å². The van der Waals surface area contributed by atoms with Gasteiger partial charge in [-0.3, -0.25) is 4.79 Å². The van der Waals surface area contributed by atoms with Gasteiger partial charge in [0.05, 0.1) is 6.26 Å². The highest BCUT2D eigenvalue weighted by atomic mass is 32.2. The lowest BCUT2D eigenvalue weighted by atomic mass is 10.0. The van der Waals surface area contributed by atoms with Crippen LogP contribution in [0.4, 0.5) is 4.39 Å². The number of sulfonamides is 1. The van der Waals surface area contributed by atoms with E-state index < -0.39 is 16.1 Å². The number of carbonyl (C=O) groups excluding carboxylic acids is 1. The lowest BCUT2D eigenvalue weighted by molar-refractivity contribution is -0.123. The molecule has 0 aromatic heterocycles. The molecule has 1 amide bonds. The van der Waals surface area contributed by atoms with E-state index in [-0.39, 0.29) is 24.2 Å². The average molecular weight is 447 g/mol. The monoisotopic (exact) mass is 446 g/mol. The molecule has 1 unspecified atom stereocenters. The summed E-state index contributed by atoms with van der Waals surface area (Å²) < 4.78 is 43.7. The summed E-state index contributed by atoms with van der Waals surface area (Å²) in [7, 11) is -3.47. The summed E-state index contributed by atoms with van der Waals surface area (Å²) in [5, 5.41) is 2.77. The minimum Gasteiger partial charge on any atom is -0.481 e. The van der Waals surface area contributed by atoms with Crippen LogP contribution in [-0.4, -0.2) is 39.8 Å². The number of ether oxygens (including phenoxy) is 1. The fourth-order valence-corrected chi connectivity index (χ4v) is 3.55. The topological polar surface area (TPSA) is 84.5 Å². The van der Waals surface area contributed by atoms with Crippen LogP contribution >= 0.6 is 0 Å². The molecule has 2 N–H and O–H groups in total. The number of benzene rings is 2. The zero-order chi connectivity index (χ0) is 22.9. The third-order valence-corrected chi connectivity index (χ3v) is 5.00. The number of nitrogens with one attached hydrogen (secondary N) is 2. The summed E-state index contributed by atoms with van der Waals surface area (Å²) >= 11 is 0. The molecule has 0 fully saturated rings. The van der Waals surface area contributed by atoms with E-state index in [0.29, 0.717) is 24.3 Å². The molecule has 0 spiro atoms. The third-order valence-electron chi connectivity index (χ3n) is 4.31. The van der Waals surface area contributed by atoms with Crippen molar-refractivity contribution in [1.29, 1.82) is 0 Å². The third kappa shape index (κ3) is 9.20. The van der Waals surface area contributed by atoms with Crippen molar-refractivity contribution in [2.24, 2.45) is 5.92 Å². The second-order valence-electron chi connectivity index (χ2n) is 7.39. The predicted molar refractivity (Wildman–Crippen MR) is 119 cm³/mol. The second-order valence-corrected chi connectivity index (χ2v) is 9.17. The van der Waals surface area contributed by atoms with E-state index >= 15 is 0 Å². The molecule has 0 bridgehead atoms. The Morgan fingerprint density at radius 3 is 2.32 bits per heavy atom. The van der Waals surface area contributed by atoms with E-state index in [0.717, 1.165) is 11.8 Å². The van der Waals surface area contributed by atoms with Crippen LogP contribution in [0.3, 0.4) is 0 Å². The van der Waals surface area contributed by atoms with Crippen molar-refractivity contribution in [3.63, 3.8) is 0 Å². The second kappa shape index (κ2) is 11.5. The van der Waals surface area contributed by atoms with Gasteiger partial charge < -0.3 is 10.1 Å². The summed E-state index contributed by atoms with van der Waals surface area (Å²) in [4.78, 5) is 12.3. The Kier molecular flexibility index (Phi) is 9.03. The van der Waals surface area contributed by atoms with Crippen LogP contribution in [0.2, 0.25) is 0 Å². The molecule has 6 nitrogen and oxygen atoms in total. The molecule has 0 aliphatic heterocycles. The highest BCUT2D eigenvalue weighted by Crippen LogP contribution is 2.12. The lowest BCUT2D eigenvalue weighted by Crippen LogP contribution is -2.49. The fourth-order valence-electron chi connectivity index (χ4n) is 2.71. The lowest BCUT2D eigenvalue weighted by Gasteiger charge is -2.20. The largest absolute Gasteiger partial charge is 0.481 e. The molecule has 0 heterocycles. The van der Waals surface area contributed by atoms with Crippen LogP contribution in [0.25, 0.3) is 0 Å². The Hall–Kier alpha value is -2.89. The van der Waals surface area contributed by atoms with Gasteiger partial charge in [0.25, 0.3) is 0 Å². The summed E-state index contributed by atoms with van der Waals surface area (Å²) in [5.41, 5.74) is 1.72. The van der Waals surface area contributed by atoms with Gasteiger partial charge in [-0.25, -0.2) is 17.5 Å². The molecule has 0 aliphatic rings. The van der Waals surface area contributed by atoms with Gasteiger partial charge in [0.15, 0.2) is 0 Å².